The smallest absolute Gasteiger partial charge is 0.243 e. The Bertz CT molecular complexity index is 825. The molecule has 25 heavy (non-hydrogen) atoms. The minimum Gasteiger partial charge on any atom is -0.339 e. The van der Waals surface area contributed by atoms with Crippen molar-refractivity contribution in [2.75, 3.05) is 26.2 Å². The lowest BCUT2D eigenvalue weighted by molar-refractivity contribution is -0.137. The van der Waals surface area contributed by atoms with Gasteiger partial charge in [0.15, 0.2) is 0 Å². The molecule has 1 aliphatic carbocycles. The Labute approximate surface area is 160 Å². The SMILES string of the molecule is CC1(C(=O)N2CCN(S(=O)(=O)c3ccc(F)c(Cl)c3)CC2)CC1(Cl)Cl. The Morgan fingerprint density at radius 1 is 1.20 bits per heavy atom. The average Bonchev–Trinajstić information content (AvgIpc) is 3.08. The standard InChI is InChI=1S/C15H16Cl3FN2O3S/c1-14(9-15(14,17)18)13(22)20-4-6-21(7-5-20)25(23,24)10-2-3-12(19)11(16)8-10/h2-3,8H,4-7,9H2,1H3. The highest BCUT2D eigenvalue weighted by Gasteiger charge is 2.68. The largest absolute Gasteiger partial charge is 0.339 e. The lowest BCUT2D eigenvalue weighted by atomic mass is 10.1. The van der Waals surface area contributed by atoms with Crippen molar-refractivity contribution >= 4 is 50.7 Å². The van der Waals surface area contributed by atoms with Gasteiger partial charge in [0.05, 0.1) is 15.3 Å². The van der Waals surface area contributed by atoms with Gasteiger partial charge in [0.25, 0.3) is 0 Å². The molecule has 0 N–H and O–H groups in total. The van der Waals surface area contributed by atoms with E-state index in [0.29, 0.717) is 6.42 Å². The van der Waals surface area contributed by atoms with Crippen LogP contribution in [0.3, 0.4) is 0 Å². The predicted molar refractivity (Wildman–Crippen MR) is 93.9 cm³/mol. The molecule has 1 saturated heterocycles. The maximum atomic E-state index is 13.2. The monoisotopic (exact) mass is 428 g/mol. The molecule has 3 rings (SSSR count). The first-order valence-electron chi connectivity index (χ1n) is 7.61. The van der Waals surface area contributed by atoms with Crippen LogP contribution in [0.5, 0.6) is 0 Å². The molecule has 1 heterocycles. The maximum absolute atomic E-state index is 13.2. The molecule has 138 valence electrons. The number of halogens is 4. The van der Waals surface area contributed by atoms with Gasteiger partial charge in [0.1, 0.15) is 10.2 Å². The molecular formula is C15H16Cl3FN2O3S. The molecule has 10 heteroatoms. The number of carbonyl (C=O) groups is 1. The second kappa shape index (κ2) is 6.23. The maximum Gasteiger partial charge on any atom is 0.243 e. The fraction of sp³-hybridized carbons (Fsp3) is 0.533. The number of hydrogen-bond acceptors (Lipinski definition) is 3. The Balaban J connectivity index is 1.69. The van der Waals surface area contributed by atoms with E-state index in [1.54, 1.807) is 11.8 Å². The summed E-state index contributed by atoms with van der Waals surface area (Å²) in [5.41, 5.74) is -0.818. The number of amides is 1. The van der Waals surface area contributed by atoms with Gasteiger partial charge in [-0.25, -0.2) is 12.8 Å². The Morgan fingerprint density at radius 2 is 1.76 bits per heavy atom. The Morgan fingerprint density at radius 3 is 2.24 bits per heavy atom. The van der Waals surface area contributed by atoms with E-state index >= 15 is 0 Å². The molecule has 0 spiro atoms. The van der Waals surface area contributed by atoms with Crippen LogP contribution in [0, 0.1) is 11.2 Å². The minimum absolute atomic E-state index is 0.0756. The van der Waals surface area contributed by atoms with Gasteiger partial charge in [-0.15, -0.1) is 23.2 Å². The molecule has 1 aliphatic heterocycles. The summed E-state index contributed by atoms with van der Waals surface area (Å²) >= 11 is 17.8. The molecular weight excluding hydrogens is 414 g/mol. The lowest BCUT2D eigenvalue weighted by Gasteiger charge is -2.35. The molecule has 1 saturated carbocycles. The quantitative estimate of drug-likeness (QED) is 0.694. The van der Waals surface area contributed by atoms with Crippen LogP contribution >= 0.6 is 34.8 Å². The van der Waals surface area contributed by atoms with E-state index in [9.17, 15) is 17.6 Å². The number of alkyl halides is 2. The number of piperazine rings is 1. The normalized spacial score (nSPS) is 26.5. The van der Waals surface area contributed by atoms with Crippen LogP contribution in [0.25, 0.3) is 0 Å². The highest BCUT2D eigenvalue weighted by molar-refractivity contribution is 7.89. The van der Waals surface area contributed by atoms with Crippen molar-refractivity contribution in [3.05, 3.63) is 29.0 Å². The molecule has 1 aromatic rings. The number of hydrogen-bond donors (Lipinski definition) is 0. The molecule has 1 unspecified atom stereocenters. The van der Waals surface area contributed by atoms with Crippen molar-refractivity contribution in [3.63, 3.8) is 0 Å². The van der Waals surface area contributed by atoms with Crippen molar-refractivity contribution in [3.8, 4) is 0 Å². The van der Waals surface area contributed by atoms with Gasteiger partial charge < -0.3 is 4.90 Å². The molecule has 1 atom stereocenters. The summed E-state index contributed by atoms with van der Waals surface area (Å²) in [6, 6.07) is 3.28. The van der Waals surface area contributed by atoms with Crippen LogP contribution in [0.2, 0.25) is 5.02 Å². The first-order chi connectivity index (χ1) is 11.5. The van der Waals surface area contributed by atoms with E-state index in [0.717, 1.165) is 12.1 Å². The zero-order valence-electron chi connectivity index (χ0n) is 13.3. The molecule has 1 amide bonds. The van der Waals surface area contributed by atoms with E-state index in [2.05, 4.69) is 0 Å². The van der Waals surface area contributed by atoms with Gasteiger partial charge in [-0.2, -0.15) is 4.31 Å². The van der Waals surface area contributed by atoms with Crippen LogP contribution in [-0.4, -0.2) is 54.0 Å². The molecule has 0 radical (unpaired) electrons. The van der Waals surface area contributed by atoms with Crippen LogP contribution in [0.4, 0.5) is 4.39 Å². The number of benzene rings is 1. The Kier molecular flexibility index (Phi) is 4.78. The molecule has 2 fully saturated rings. The Hall–Kier alpha value is -0.600. The summed E-state index contributed by atoms with van der Waals surface area (Å²) in [5.74, 6) is -0.848. The third-order valence-electron chi connectivity index (χ3n) is 4.78. The van der Waals surface area contributed by atoms with E-state index in [-0.39, 0.29) is 42.0 Å². The number of nitrogens with zero attached hydrogens (tertiary/aromatic N) is 2. The van der Waals surface area contributed by atoms with E-state index < -0.39 is 25.6 Å². The van der Waals surface area contributed by atoms with Crippen LogP contribution in [-0.2, 0) is 14.8 Å². The predicted octanol–water partition coefficient (Wildman–Crippen LogP) is 2.90. The fourth-order valence-electron chi connectivity index (χ4n) is 2.90. The van der Waals surface area contributed by atoms with Gasteiger partial charge in [0, 0.05) is 26.2 Å². The van der Waals surface area contributed by atoms with Crippen molar-refractivity contribution in [2.45, 2.75) is 22.6 Å². The summed E-state index contributed by atoms with van der Waals surface area (Å²) in [6.07, 6.45) is 0.383. The van der Waals surface area contributed by atoms with Crippen molar-refractivity contribution in [1.29, 1.82) is 0 Å². The van der Waals surface area contributed by atoms with Gasteiger partial charge in [-0.05, 0) is 31.5 Å². The molecule has 2 aliphatic rings. The molecule has 0 bridgehead atoms. The third kappa shape index (κ3) is 3.25. The zero-order valence-corrected chi connectivity index (χ0v) is 16.4. The topological polar surface area (TPSA) is 57.7 Å². The van der Waals surface area contributed by atoms with Crippen molar-refractivity contribution < 1.29 is 17.6 Å². The summed E-state index contributed by atoms with van der Waals surface area (Å²) < 4.78 is 38.7. The number of rotatable bonds is 3. The second-order valence-electron chi connectivity index (χ2n) is 6.49. The molecule has 1 aromatic carbocycles. The van der Waals surface area contributed by atoms with Crippen LogP contribution in [0.1, 0.15) is 13.3 Å². The summed E-state index contributed by atoms with van der Waals surface area (Å²) in [5, 5.41) is -0.253. The van der Waals surface area contributed by atoms with Gasteiger partial charge >= 0.3 is 0 Å². The molecule has 5 nitrogen and oxygen atoms in total. The van der Waals surface area contributed by atoms with Gasteiger partial charge in [0.2, 0.25) is 15.9 Å². The van der Waals surface area contributed by atoms with Gasteiger partial charge in [-0.3, -0.25) is 4.79 Å². The van der Waals surface area contributed by atoms with Crippen molar-refractivity contribution in [1.82, 2.24) is 9.21 Å². The second-order valence-corrected chi connectivity index (χ2v) is 10.3. The lowest BCUT2D eigenvalue weighted by Crippen LogP contribution is -2.52. The summed E-state index contributed by atoms with van der Waals surface area (Å²) in [4.78, 5) is 14.0. The number of carbonyl (C=O) groups excluding carboxylic acids is 1. The zero-order chi connectivity index (χ0) is 18.6. The minimum atomic E-state index is -3.80. The highest BCUT2D eigenvalue weighted by Crippen LogP contribution is 2.64. The van der Waals surface area contributed by atoms with E-state index in [1.165, 1.54) is 10.4 Å². The van der Waals surface area contributed by atoms with E-state index in [1.807, 2.05) is 0 Å². The first-order valence-corrected chi connectivity index (χ1v) is 10.2. The van der Waals surface area contributed by atoms with E-state index in [4.69, 9.17) is 34.8 Å². The van der Waals surface area contributed by atoms with Crippen LogP contribution < -0.4 is 0 Å². The summed E-state index contributed by atoms with van der Waals surface area (Å²) in [6.45, 7) is 2.46. The molecule has 0 aromatic heterocycles. The average molecular weight is 430 g/mol. The third-order valence-corrected chi connectivity index (χ3v) is 8.07. The van der Waals surface area contributed by atoms with Crippen molar-refractivity contribution in [2.24, 2.45) is 5.41 Å². The van der Waals surface area contributed by atoms with Crippen LogP contribution in [0.15, 0.2) is 23.1 Å². The first kappa shape index (κ1) is 19.2. The summed E-state index contributed by atoms with van der Waals surface area (Å²) in [7, 11) is -3.80. The highest BCUT2D eigenvalue weighted by atomic mass is 35.5. The van der Waals surface area contributed by atoms with Gasteiger partial charge in [-0.1, -0.05) is 11.6 Å². The number of sulfonamides is 1. The fourth-order valence-corrected chi connectivity index (χ4v) is 5.29.